The molecule has 0 heterocycles. The van der Waals surface area contributed by atoms with Crippen molar-refractivity contribution in [2.24, 2.45) is 0 Å². The highest BCUT2D eigenvalue weighted by Crippen LogP contribution is 2.64. The number of allylic oxidation sites excluding steroid dienone is 5. The lowest BCUT2D eigenvalue weighted by Crippen LogP contribution is -2.46. The summed E-state index contributed by atoms with van der Waals surface area (Å²) in [5, 5.41) is 0. The lowest BCUT2D eigenvalue weighted by molar-refractivity contribution is 0.534. The van der Waals surface area contributed by atoms with Crippen molar-refractivity contribution in [1.82, 2.24) is 0 Å². The summed E-state index contributed by atoms with van der Waals surface area (Å²) in [7, 11) is -1.42. The van der Waals surface area contributed by atoms with Gasteiger partial charge in [0.2, 0.25) is 0 Å². The molecular weight excluding hydrogens is 352 g/mol. The normalized spacial score (nSPS) is 23.4. The number of benzene rings is 1. The van der Waals surface area contributed by atoms with Crippen LogP contribution in [0, 0.1) is 0 Å². The van der Waals surface area contributed by atoms with E-state index in [-0.39, 0.29) is 5.41 Å². The Morgan fingerprint density at radius 2 is 1.46 bits per heavy atom. The molecule has 150 valence electrons. The molecule has 1 fully saturated rings. The first-order valence-corrected chi connectivity index (χ1v) is 15.3. The number of hydrogen-bond donors (Lipinski definition) is 0. The van der Waals surface area contributed by atoms with E-state index in [1.807, 2.05) is 11.1 Å². The van der Waals surface area contributed by atoms with Crippen molar-refractivity contribution in [2.45, 2.75) is 95.8 Å². The average molecular weight is 391 g/mol. The summed E-state index contributed by atoms with van der Waals surface area (Å²) in [6.07, 6.45) is 15.6. The molecule has 0 N–H and O–H groups in total. The Bertz CT molecular complexity index is 811. The maximum Gasteiger partial charge on any atom is 0.0533 e. The largest absolute Gasteiger partial charge is 0.0820 e. The molecule has 1 spiro atoms. The predicted octanol–water partition coefficient (Wildman–Crippen LogP) is 8.44. The van der Waals surface area contributed by atoms with Crippen LogP contribution in [-0.2, 0) is 5.41 Å². The Labute approximate surface area is 173 Å². The van der Waals surface area contributed by atoms with E-state index in [1.165, 1.54) is 56.9 Å². The Kier molecular flexibility index (Phi) is 5.33. The van der Waals surface area contributed by atoms with Gasteiger partial charge in [-0.2, -0.15) is 0 Å². The van der Waals surface area contributed by atoms with Crippen LogP contribution in [0.5, 0.6) is 0 Å². The Morgan fingerprint density at radius 1 is 0.893 bits per heavy atom. The topological polar surface area (TPSA) is 0 Å². The van der Waals surface area contributed by atoms with Gasteiger partial charge in [0, 0.05) is 5.41 Å². The first kappa shape index (κ1) is 20.0. The van der Waals surface area contributed by atoms with Gasteiger partial charge in [0.25, 0.3) is 0 Å². The van der Waals surface area contributed by atoms with Crippen molar-refractivity contribution in [3.63, 3.8) is 0 Å². The van der Waals surface area contributed by atoms with E-state index in [1.54, 1.807) is 16.7 Å². The second-order valence-corrected chi connectivity index (χ2v) is 15.6. The highest BCUT2D eigenvalue weighted by molar-refractivity contribution is 6.78. The Balaban J connectivity index is 2.09. The minimum atomic E-state index is -1.42. The molecule has 0 amide bonds. The van der Waals surface area contributed by atoms with Crippen LogP contribution in [0.15, 0.2) is 52.6 Å². The van der Waals surface area contributed by atoms with E-state index in [2.05, 4.69) is 69.9 Å². The summed E-state index contributed by atoms with van der Waals surface area (Å²) >= 11 is 0. The molecule has 1 atom stereocenters. The molecule has 0 nitrogen and oxygen atoms in total. The molecule has 0 aliphatic heterocycles. The molecule has 1 heteroatoms. The lowest BCUT2D eigenvalue weighted by atomic mass is 9.63. The third-order valence-electron chi connectivity index (χ3n) is 7.40. The van der Waals surface area contributed by atoms with Gasteiger partial charge in [0.1, 0.15) is 0 Å². The highest BCUT2D eigenvalue weighted by atomic mass is 28.3. The fourth-order valence-corrected chi connectivity index (χ4v) is 9.05. The monoisotopic (exact) mass is 390 g/mol. The zero-order valence-electron chi connectivity index (χ0n) is 18.7. The molecule has 0 aromatic heterocycles. The molecule has 3 aliphatic carbocycles. The van der Waals surface area contributed by atoms with Crippen LogP contribution in [-0.4, -0.2) is 8.07 Å². The summed E-state index contributed by atoms with van der Waals surface area (Å²) < 4.78 is 0. The van der Waals surface area contributed by atoms with E-state index < -0.39 is 8.07 Å². The fraction of sp³-hybridized carbons (Fsp3) is 0.556. The predicted molar refractivity (Wildman–Crippen MR) is 127 cm³/mol. The first-order chi connectivity index (χ1) is 13.5. The van der Waals surface area contributed by atoms with Crippen molar-refractivity contribution < 1.29 is 0 Å². The number of fused-ring (bicyclic) bond motifs is 3. The summed E-state index contributed by atoms with van der Waals surface area (Å²) in [5.74, 6) is 0. The zero-order valence-corrected chi connectivity index (χ0v) is 19.7. The molecule has 4 rings (SSSR count). The summed E-state index contributed by atoms with van der Waals surface area (Å²) in [6, 6.07) is 9.37. The summed E-state index contributed by atoms with van der Waals surface area (Å²) in [6.45, 7) is 12.6. The molecule has 0 radical (unpaired) electrons. The van der Waals surface area contributed by atoms with Gasteiger partial charge in [-0.05, 0) is 66.3 Å². The van der Waals surface area contributed by atoms with Gasteiger partial charge in [-0.3, -0.25) is 0 Å². The van der Waals surface area contributed by atoms with Crippen molar-refractivity contribution in [2.75, 3.05) is 0 Å². The lowest BCUT2D eigenvalue weighted by Gasteiger charge is -2.50. The highest BCUT2D eigenvalue weighted by Gasteiger charge is 2.55. The van der Waals surface area contributed by atoms with Crippen LogP contribution in [0.4, 0.5) is 0 Å². The van der Waals surface area contributed by atoms with Gasteiger partial charge in [-0.1, -0.05) is 93.9 Å². The van der Waals surface area contributed by atoms with Crippen molar-refractivity contribution in [3.8, 4) is 0 Å². The van der Waals surface area contributed by atoms with Gasteiger partial charge >= 0.3 is 0 Å². The number of rotatable bonds is 5. The quantitative estimate of drug-likeness (QED) is 0.442. The SMILES string of the molecule is CCCC1=C2CCCCC2=C(CCC)C12c1ccccc1C=CC2[Si](C)(C)C. The summed E-state index contributed by atoms with van der Waals surface area (Å²) in [4.78, 5) is 0. The van der Waals surface area contributed by atoms with Crippen LogP contribution >= 0.6 is 0 Å². The molecule has 28 heavy (non-hydrogen) atoms. The van der Waals surface area contributed by atoms with E-state index in [4.69, 9.17) is 0 Å². The molecule has 1 aromatic rings. The van der Waals surface area contributed by atoms with Gasteiger partial charge in [0.05, 0.1) is 8.07 Å². The van der Waals surface area contributed by atoms with Crippen molar-refractivity contribution in [3.05, 3.63) is 63.8 Å². The smallest absolute Gasteiger partial charge is 0.0533 e. The molecule has 0 saturated heterocycles. The van der Waals surface area contributed by atoms with Gasteiger partial charge in [-0.15, -0.1) is 0 Å². The van der Waals surface area contributed by atoms with Crippen LogP contribution in [0.25, 0.3) is 6.08 Å². The van der Waals surface area contributed by atoms with Crippen molar-refractivity contribution >= 4 is 14.1 Å². The molecular formula is C27H38Si. The van der Waals surface area contributed by atoms with E-state index in [0.29, 0.717) is 5.54 Å². The van der Waals surface area contributed by atoms with Crippen LogP contribution in [0.1, 0.15) is 76.3 Å². The first-order valence-electron chi connectivity index (χ1n) is 11.7. The van der Waals surface area contributed by atoms with Crippen LogP contribution < -0.4 is 0 Å². The maximum atomic E-state index is 2.64. The third kappa shape index (κ3) is 2.84. The summed E-state index contributed by atoms with van der Waals surface area (Å²) in [5.41, 5.74) is 11.2. The Hall–Kier alpha value is -1.34. The van der Waals surface area contributed by atoms with Crippen LogP contribution in [0.2, 0.25) is 25.2 Å². The van der Waals surface area contributed by atoms with Crippen LogP contribution in [0.3, 0.4) is 0 Å². The maximum absolute atomic E-state index is 2.64. The molecule has 1 aromatic carbocycles. The minimum Gasteiger partial charge on any atom is -0.0820 e. The fourth-order valence-electron chi connectivity index (χ4n) is 6.58. The Morgan fingerprint density at radius 3 is 2.00 bits per heavy atom. The van der Waals surface area contributed by atoms with E-state index in [9.17, 15) is 0 Å². The van der Waals surface area contributed by atoms with Gasteiger partial charge in [-0.25, -0.2) is 0 Å². The second kappa shape index (κ2) is 7.48. The molecule has 0 bridgehead atoms. The molecule has 3 aliphatic rings. The second-order valence-electron chi connectivity index (χ2n) is 10.2. The molecule has 1 unspecified atom stereocenters. The van der Waals surface area contributed by atoms with Gasteiger partial charge < -0.3 is 0 Å². The van der Waals surface area contributed by atoms with Crippen molar-refractivity contribution in [1.29, 1.82) is 0 Å². The van der Waals surface area contributed by atoms with E-state index >= 15 is 0 Å². The minimum absolute atomic E-state index is 0.164. The molecule has 1 saturated carbocycles. The standard InChI is InChI=1S/C27H38Si/c1-6-12-24-21-15-9-10-16-22(21)25(13-7-2)27(24)23-17-11-8-14-20(23)18-19-26(27)28(3,4)5/h8,11,14,17-19,26H,6-7,9-10,12-13,15-16H2,1-5H3. The number of hydrogen-bond acceptors (Lipinski definition) is 0. The van der Waals surface area contributed by atoms with E-state index in [0.717, 1.165) is 0 Å². The average Bonchev–Trinajstić information content (AvgIpc) is 2.93. The van der Waals surface area contributed by atoms with Gasteiger partial charge in [0.15, 0.2) is 0 Å². The zero-order chi connectivity index (χ0) is 19.9. The third-order valence-corrected chi connectivity index (χ3v) is 9.89.